The lowest BCUT2D eigenvalue weighted by Gasteiger charge is -2.24. The molecule has 4 nitrogen and oxygen atoms in total. The predicted octanol–water partition coefficient (Wildman–Crippen LogP) is 0.749. The Kier molecular flexibility index (Phi) is 5.82. The van der Waals surface area contributed by atoms with Crippen LogP contribution in [0.4, 0.5) is 0 Å². The lowest BCUT2D eigenvalue weighted by atomic mass is 9.98. The van der Waals surface area contributed by atoms with Gasteiger partial charge in [-0.05, 0) is 19.7 Å². The number of hydrogen-bond donors (Lipinski definition) is 1. The summed E-state index contributed by atoms with van der Waals surface area (Å²) in [5, 5.41) is 0. The summed E-state index contributed by atoms with van der Waals surface area (Å²) < 4.78 is 0. The highest BCUT2D eigenvalue weighted by atomic mass is 16.2. The molecule has 0 aliphatic carbocycles. The first-order chi connectivity index (χ1) is 8.56. The van der Waals surface area contributed by atoms with Crippen LogP contribution in [-0.2, 0) is 4.79 Å². The summed E-state index contributed by atoms with van der Waals surface area (Å²) in [5.74, 6) is -0.149. The molecule has 1 atom stereocenters. The molecule has 0 spiro atoms. The van der Waals surface area contributed by atoms with Crippen molar-refractivity contribution in [2.45, 2.75) is 5.92 Å². The summed E-state index contributed by atoms with van der Waals surface area (Å²) in [5.41, 5.74) is 6.73. The van der Waals surface area contributed by atoms with Crippen molar-refractivity contribution in [2.75, 3.05) is 40.8 Å². The molecule has 1 amide bonds. The van der Waals surface area contributed by atoms with E-state index < -0.39 is 0 Å². The highest BCUT2D eigenvalue weighted by Crippen LogP contribution is 2.16. The summed E-state index contributed by atoms with van der Waals surface area (Å²) in [6.45, 7) is 1.92. The van der Waals surface area contributed by atoms with Gasteiger partial charge in [0, 0.05) is 26.7 Å². The molecule has 18 heavy (non-hydrogen) atoms. The van der Waals surface area contributed by atoms with Crippen LogP contribution in [0.2, 0.25) is 0 Å². The molecule has 0 heterocycles. The normalized spacial score (nSPS) is 12.5. The van der Waals surface area contributed by atoms with E-state index >= 15 is 0 Å². The molecule has 0 radical (unpaired) electrons. The summed E-state index contributed by atoms with van der Waals surface area (Å²) in [4.78, 5) is 16.1. The molecule has 0 saturated carbocycles. The van der Waals surface area contributed by atoms with Gasteiger partial charge in [0.25, 0.3) is 0 Å². The maximum atomic E-state index is 12.3. The molecule has 0 saturated heterocycles. The highest BCUT2D eigenvalue weighted by molar-refractivity contribution is 5.83. The average molecular weight is 249 g/mol. The SMILES string of the molecule is CN(C)CCN(C)C(=O)C(CN)c1ccccc1. The van der Waals surface area contributed by atoms with E-state index in [0.29, 0.717) is 6.54 Å². The van der Waals surface area contributed by atoms with E-state index in [2.05, 4.69) is 4.90 Å². The molecule has 0 aromatic heterocycles. The molecule has 100 valence electrons. The van der Waals surface area contributed by atoms with E-state index in [1.807, 2.05) is 51.5 Å². The van der Waals surface area contributed by atoms with Crippen LogP contribution >= 0.6 is 0 Å². The lowest BCUT2D eigenvalue weighted by Crippen LogP contribution is -2.38. The van der Waals surface area contributed by atoms with Crippen molar-refractivity contribution in [2.24, 2.45) is 5.73 Å². The van der Waals surface area contributed by atoms with Gasteiger partial charge in [-0.25, -0.2) is 0 Å². The maximum absolute atomic E-state index is 12.3. The summed E-state index contributed by atoms with van der Waals surface area (Å²) in [7, 11) is 5.82. The van der Waals surface area contributed by atoms with E-state index in [1.54, 1.807) is 4.90 Å². The van der Waals surface area contributed by atoms with Crippen molar-refractivity contribution >= 4 is 5.91 Å². The zero-order valence-electron chi connectivity index (χ0n) is 11.5. The van der Waals surface area contributed by atoms with Crippen molar-refractivity contribution in [3.05, 3.63) is 35.9 Å². The maximum Gasteiger partial charge on any atom is 0.231 e. The van der Waals surface area contributed by atoms with Crippen LogP contribution in [0.1, 0.15) is 11.5 Å². The number of nitrogens with zero attached hydrogens (tertiary/aromatic N) is 2. The van der Waals surface area contributed by atoms with E-state index in [1.165, 1.54) is 0 Å². The monoisotopic (exact) mass is 249 g/mol. The van der Waals surface area contributed by atoms with Crippen molar-refractivity contribution < 1.29 is 4.79 Å². The van der Waals surface area contributed by atoms with Gasteiger partial charge in [0.05, 0.1) is 5.92 Å². The number of amides is 1. The molecule has 0 bridgehead atoms. The molecule has 0 fully saturated rings. The molecular formula is C14H23N3O. The Morgan fingerprint density at radius 2 is 1.78 bits per heavy atom. The van der Waals surface area contributed by atoms with Gasteiger partial charge in [-0.3, -0.25) is 4.79 Å². The number of benzene rings is 1. The van der Waals surface area contributed by atoms with Crippen LogP contribution in [0.3, 0.4) is 0 Å². The molecule has 1 aromatic carbocycles. The topological polar surface area (TPSA) is 49.6 Å². The minimum absolute atomic E-state index is 0.0885. The Hall–Kier alpha value is -1.39. The fraction of sp³-hybridized carbons (Fsp3) is 0.500. The zero-order valence-corrected chi connectivity index (χ0v) is 11.5. The Morgan fingerprint density at radius 3 is 2.28 bits per heavy atom. The standard InChI is InChI=1S/C14H23N3O/c1-16(2)9-10-17(3)14(18)13(11-15)12-7-5-4-6-8-12/h4-8,13H,9-11,15H2,1-3H3. The first kappa shape index (κ1) is 14.7. The van der Waals surface area contributed by atoms with Crippen LogP contribution in [0, 0.1) is 0 Å². The predicted molar refractivity (Wildman–Crippen MR) is 74.4 cm³/mol. The Balaban J connectivity index is 2.68. The number of rotatable bonds is 6. The highest BCUT2D eigenvalue weighted by Gasteiger charge is 2.22. The molecule has 1 aromatic rings. The molecular weight excluding hydrogens is 226 g/mol. The Labute approximate surface area is 109 Å². The summed E-state index contributed by atoms with van der Waals surface area (Å²) >= 11 is 0. The van der Waals surface area contributed by atoms with Crippen molar-refractivity contribution in [1.29, 1.82) is 0 Å². The van der Waals surface area contributed by atoms with Gasteiger partial charge < -0.3 is 15.5 Å². The van der Waals surface area contributed by atoms with Crippen LogP contribution in [0.15, 0.2) is 30.3 Å². The quantitative estimate of drug-likeness (QED) is 0.809. The zero-order chi connectivity index (χ0) is 13.5. The number of carbonyl (C=O) groups is 1. The average Bonchev–Trinajstić information content (AvgIpc) is 2.38. The third-order valence-electron chi connectivity index (χ3n) is 2.99. The minimum atomic E-state index is -0.238. The summed E-state index contributed by atoms with van der Waals surface area (Å²) in [6.07, 6.45) is 0. The lowest BCUT2D eigenvalue weighted by molar-refractivity contribution is -0.131. The second-order valence-corrected chi connectivity index (χ2v) is 4.76. The van der Waals surface area contributed by atoms with Crippen molar-refractivity contribution in [1.82, 2.24) is 9.80 Å². The van der Waals surface area contributed by atoms with Gasteiger partial charge in [0.15, 0.2) is 0 Å². The van der Waals surface area contributed by atoms with E-state index in [9.17, 15) is 4.79 Å². The van der Waals surface area contributed by atoms with Gasteiger partial charge in [-0.2, -0.15) is 0 Å². The molecule has 4 heteroatoms. The fourth-order valence-electron chi connectivity index (χ4n) is 1.79. The van der Waals surface area contributed by atoms with E-state index in [4.69, 9.17) is 5.73 Å². The smallest absolute Gasteiger partial charge is 0.231 e. The second-order valence-electron chi connectivity index (χ2n) is 4.76. The molecule has 1 unspecified atom stereocenters. The molecule has 1 rings (SSSR count). The Bertz CT molecular complexity index is 365. The first-order valence-corrected chi connectivity index (χ1v) is 6.21. The van der Waals surface area contributed by atoms with Crippen molar-refractivity contribution in [3.8, 4) is 0 Å². The number of carbonyl (C=O) groups excluding carboxylic acids is 1. The minimum Gasteiger partial charge on any atom is -0.344 e. The molecule has 0 aliphatic rings. The van der Waals surface area contributed by atoms with Crippen LogP contribution in [0.25, 0.3) is 0 Å². The van der Waals surface area contributed by atoms with Crippen molar-refractivity contribution in [3.63, 3.8) is 0 Å². The van der Waals surface area contributed by atoms with Crippen LogP contribution in [-0.4, -0.2) is 56.5 Å². The largest absolute Gasteiger partial charge is 0.344 e. The van der Waals surface area contributed by atoms with Gasteiger partial charge in [0.2, 0.25) is 5.91 Å². The number of hydrogen-bond acceptors (Lipinski definition) is 3. The van der Waals surface area contributed by atoms with Gasteiger partial charge >= 0.3 is 0 Å². The molecule has 2 N–H and O–H groups in total. The number of nitrogens with two attached hydrogens (primary N) is 1. The second kappa shape index (κ2) is 7.13. The van der Waals surface area contributed by atoms with Gasteiger partial charge in [-0.15, -0.1) is 0 Å². The van der Waals surface area contributed by atoms with E-state index in [0.717, 1.165) is 18.7 Å². The van der Waals surface area contributed by atoms with Crippen LogP contribution < -0.4 is 5.73 Å². The first-order valence-electron chi connectivity index (χ1n) is 6.21. The Morgan fingerprint density at radius 1 is 1.17 bits per heavy atom. The third kappa shape index (κ3) is 4.13. The van der Waals surface area contributed by atoms with Crippen LogP contribution in [0.5, 0.6) is 0 Å². The number of likely N-dealkylation sites (N-methyl/N-ethyl adjacent to an activating group) is 2. The third-order valence-corrected chi connectivity index (χ3v) is 2.99. The molecule has 0 aliphatic heterocycles. The van der Waals surface area contributed by atoms with Gasteiger partial charge in [0.1, 0.15) is 0 Å². The van der Waals surface area contributed by atoms with E-state index in [-0.39, 0.29) is 11.8 Å². The fourth-order valence-corrected chi connectivity index (χ4v) is 1.79. The van der Waals surface area contributed by atoms with Gasteiger partial charge in [-0.1, -0.05) is 30.3 Å². The summed E-state index contributed by atoms with van der Waals surface area (Å²) in [6, 6.07) is 9.72.